The van der Waals surface area contributed by atoms with Gasteiger partial charge in [-0.05, 0) is 30.3 Å². The van der Waals surface area contributed by atoms with E-state index in [1.54, 1.807) is 18.3 Å². The second-order valence-corrected chi connectivity index (χ2v) is 3.47. The summed E-state index contributed by atoms with van der Waals surface area (Å²) in [7, 11) is 0. The first kappa shape index (κ1) is 9.89. The van der Waals surface area contributed by atoms with Crippen molar-refractivity contribution in [1.29, 1.82) is 0 Å². The highest BCUT2D eigenvalue weighted by atomic mass is 19.2. The molecular weight excluding hydrogens is 226 g/mol. The molecule has 0 aliphatic carbocycles. The van der Waals surface area contributed by atoms with Crippen LogP contribution >= 0.6 is 0 Å². The van der Waals surface area contributed by atoms with E-state index in [1.807, 2.05) is 0 Å². The minimum Gasteiger partial charge on any atom is -0.434 e. The molecule has 0 saturated heterocycles. The van der Waals surface area contributed by atoms with Crippen molar-refractivity contribution in [2.45, 2.75) is 0 Å². The van der Waals surface area contributed by atoms with Gasteiger partial charge < -0.3 is 4.42 Å². The maximum Gasteiger partial charge on any atom is 0.228 e. The Morgan fingerprint density at radius 3 is 2.71 bits per heavy atom. The average molecular weight is 232 g/mol. The number of hydrogen-bond acceptors (Lipinski definition) is 3. The van der Waals surface area contributed by atoms with Crippen molar-refractivity contribution in [3.05, 3.63) is 48.2 Å². The fourth-order valence-corrected chi connectivity index (χ4v) is 1.52. The number of halogens is 2. The van der Waals surface area contributed by atoms with Crippen LogP contribution in [0.3, 0.4) is 0 Å². The minimum atomic E-state index is -0.933. The van der Waals surface area contributed by atoms with Gasteiger partial charge in [0.2, 0.25) is 5.89 Å². The van der Waals surface area contributed by atoms with E-state index in [9.17, 15) is 8.78 Å². The zero-order chi connectivity index (χ0) is 11.8. The standard InChI is InChI=1S/C12H6F2N2O/c13-8-4-3-7(6-9(8)14)12-16-11-10(17-12)2-1-5-15-11/h1-6H. The largest absolute Gasteiger partial charge is 0.434 e. The van der Waals surface area contributed by atoms with E-state index in [0.717, 1.165) is 12.1 Å². The van der Waals surface area contributed by atoms with Crippen molar-refractivity contribution >= 4 is 11.2 Å². The SMILES string of the molecule is Fc1ccc(-c2nc3ncccc3o2)cc1F. The molecule has 3 nitrogen and oxygen atoms in total. The van der Waals surface area contributed by atoms with Crippen molar-refractivity contribution < 1.29 is 13.2 Å². The number of hydrogen-bond donors (Lipinski definition) is 0. The van der Waals surface area contributed by atoms with Gasteiger partial charge in [0.15, 0.2) is 22.9 Å². The lowest BCUT2D eigenvalue weighted by Gasteiger charge is -1.95. The van der Waals surface area contributed by atoms with Crippen LogP contribution in [0.1, 0.15) is 0 Å². The lowest BCUT2D eigenvalue weighted by atomic mass is 10.2. The van der Waals surface area contributed by atoms with Crippen LogP contribution in [0, 0.1) is 11.6 Å². The van der Waals surface area contributed by atoms with Gasteiger partial charge in [-0.3, -0.25) is 0 Å². The molecule has 0 amide bonds. The van der Waals surface area contributed by atoms with Crippen molar-refractivity contribution in [3.8, 4) is 11.5 Å². The molecule has 17 heavy (non-hydrogen) atoms. The van der Waals surface area contributed by atoms with Crippen LogP contribution < -0.4 is 0 Å². The molecule has 0 fully saturated rings. The molecule has 0 unspecified atom stereocenters. The van der Waals surface area contributed by atoms with Crippen LogP contribution in [-0.2, 0) is 0 Å². The average Bonchev–Trinajstić information content (AvgIpc) is 2.76. The summed E-state index contributed by atoms with van der Waals surface area (Å²) in [5.41, 5.74) is 1.32. The summed E-state index contributed by atoms with van der Waals surface area (Å²) >= 11 is 0. The van der Waals surface area contributed by atoms with Crippen LogP contribution in [0.5, 0.6) is 0 Å². The van der Waals surface area contributed by atoms with Crippen molar-refractivity contribution in [1.82, 2.24) is 9.97 Å². The molecular formula is C12H6F2N2O. The quantitative estimate of drug-likeness (QED) is 0.646. The molecule has 3 rings (SSSR count). The molecule has 84 valence electrons. The van der Waals surface area contributed by atoms with Crippen molar-refractivity contribution in [3.63, 3.8) is 0 Å². The Balaban J connectivity index is 2.17. The molecule has 0 N–H and O–H groups in total. The Morgan fingerprint density at radius 1 is 1.06 bits per heavy atom. The number of pyridine rings is 1. The molecule has 0 aliphatic rings. The van der Waals surface area contributed by atoms with E-state index in [-0.39, 0.29) is 5.89 Å². The number of aromatic nitrogens is 2. The molecule has 0 spiro atoms. The van der Waals surface area contributed by atoms with Gasteiger partial charge in [0.05, 0.1) is 0 Å². The van der Waals surface area contributed by atoms with Gasteiger partial charge >= 0.3 is 0 Å². The maximum absolute atomic E-state index is 13.1. The fourth-order valence-electron chi connectivity index (χ4n) is 1.52. The zero-order valence-corrected chi connectivity index (χ0v) is 8.52. The van der Waals surface area contributed by atoms with Crippen LogP contribution in [0.25, 0.3) is 22.7 Å². The number of rotatable bonds is 1. The van der Waals surface area contributed by atoms with Crippen molar-refractivity contribution in [2.75, 3.05) is 0 Å². The Labute approximate surface area is 94.7 Å². The summed E-state index contributed by atoms with van der Waals surface area (Å²) in [5.74, 6) is -1.61. The highest BCUT2D eigenvalue weighted by molar-refractivity contribution is 5.71. The first-order valence-corrected chi connectivity index (χ1v) is 4.91. The van der Waals surface area contributed by atoms with E-state index in [4.69, 9.17) is 4.42 Å². The molecule has 2 heterocycles. The third-order valence-electron chi connectivity index (χ3n) is 2.33. The molecule has 0 radical (unpaired) electrons. The zero-order valence-electron chi connectivity index (χ0n) is 8.52. The summed E-state index contributed by atoms with van der Waals surface area (Å²) in [6, 6.07) is 6.90. The van der Waals surface area contributed by atoms with Gasteiger partial charge in [-0.1, -0.05) is 0 Å². The predicted molar refractivity (Wildman–Crippen MR) is 57.2 cm³/mol. The normalized spacial score (nSPS) is 10.9. The number of nitrogens with zero attached hydrogens (tertiary/aromatic N) is 2. The van der Waals surface area contributed by atoms with Gasteiger partial charge in [-0.25, -0.2) is 13.8 Å². The van der Waals surface area contributed by atoms with Crippen LogP contribution in [-0.4, -0.2) is 9.97 Å². The monoisotopic (exact) mass is 232 g/mol. The molecule has 0 atom stereocenters. The summed E-state index contributed by atoms with van der Waals surface area (Å²) in [6.45, 7) is 0. The van der Waals surface area contributed by atoms with Crippen molar-refractivity contribution in [2.24, 2.45) is 0 Å². The molecule has 0 aliphatic heterocycles. The van der Waals surface area contributed by atoms with E-state index >= 15 is 0 Å². The molecule has 0 bridgehead atoms. The van der Waals surface area contributed by atoms with E-state index in [1.165, 1.54) is 6.07 Å². The van der Waals surface area contributed by atoms with Gasteiger partial charge in [-0.2, -0.15) is 4.98 Å². The van der Waals surface area contributed by atoms with Gasteiger partial charge in [0.1, 0.15) is 0 Å². The van der Waals surface area contributed by atoms with Crippen LogP contribution in [0.2, 0.25) is 0 Å². The maximum atomic E-state index is 13.1. The molecule has 0 saturated carbocycles. The third-order valence-corrected chi connectivity index (χ3v) is 2.33. The lowest BCUT2D eigenvalue weighted by Crippen LogP contribution is -1.85. The van der Waals surface area contributed by atoms with E-state index in [0.29, 0.717) is 16.8 Å². The van der Waals surface area contributed by atoms with E-state index < -0.39 is 11.6 Å². The second kappa shape index (κ2) is 3.62. The van der Waals surface area contributed by atoms with Crippen LogP contribution in [0.4, 0.5) is 8.78 Å². The third kappa shape index (κ3) is 1.65. The van der Waals surface area contributed by atoms with Gasteiger partial charge in [-0.15, -0.1) is 0 Å². The Kier molecular flexibility index (Phi) is 2.11. The summed E-state index contributed by atoms with van der Waals surface area (Å²) in [4.78, 5) is 8.08. The minimum absolute atomic E-state index is 0.220. The summed E-state index contributed by atoms with van der Waals surface area (Å²) in [5, 5.41) is 0. The molecule has 1 aromatic carbocycles. The second-order valence-electron chi connectivity index (χ2n) is 3.47. The number of oxazole rings is 1. The smallest absolute Gasteiger partial charge is 0.228 e. The number of benzene rings is 1. The van der Waals surface area contributed by atoms with Crippen LogP contribution in [0.15, 0.2) is 40.9 Å². The molecule has 2 aromatic heterocycles. The lowest BCUT2D eigenvalue weighted by molar-refractivity contribution is 0.508. The Bertz CT molecular complexity index is 661. The fraction of sp³-hybridized carbons (Fsp3) is 0. The van der Waals surface area contributed by atoms with Gasteiger partial charge in [0.25, 0.3) is 0 Å². The predicted octanol–water partition coefficient (Wildman–Crippen LogP) is 3.17. The summed E-state index contributed by atoms with van der Waals surface area (Å²) < 4.78 is 31.2. The Morgan fingerprint density at radius 2 is 1.94 bits per heavy atom. The molecule has 3 aromatic rings. The molecule has 5 heteroatoms. The van der Waals surface area contributed by atoms with E-state index in [2.05, 4.69) is 9.97 Å². The highest BCUT2D eigenvalue weighted by Crippen LogP contribution is 2.24. The summed E-state index contributed by atoms with van der Waals surface area (Å²) in [6.07, 6.45) is 1.58. The topological polar surface area (TPSA) is 38.9 Å². The Hall–Kier alpha value is -2.30. The van der Waals surface area contributed by atoms with Gasteiger partial charge in [0, 0.05) is 11.8 Å². The highest BCUT2D eigenvalue weighted by Gasteiger charge is 2.11. The first-order valence-electron chi connectivity index (χ1n) is 4.91. The first-order chi connectivity index (χ1) is 8.24. The number of fused-ring (bicyclic) bond motifs is 1.